The summed E-state index contributed by atoms with van der Waals surface area (Å²) in [6, 6.07) is 14.2. The number of ketones is 1. The monoisotopic (exact) mass is 551 g/mol. The number of aromatic nitrogens is 5. The zero-order valence-corrected chi connectivity index (χ0v) is 22.2. The van der Waals surface area contributed by atoms with Crippen LogP contribution in [-0.4, -0.2) is 42.8 Å². The molecular weight excluding hydrogens is 529 g/mol. The smallest absolute Gasteiger partial charge is 0.317 e. The number of benzene rings is 2. The molecule has 0 radical (unpaired) electrons. The topological polar surface area (TPSA) is 119 Å². The molecule has 1 atom stereocenters. The van der Waals surface area contributed by atoms with Gasteiger partial charge in [0, 0.05) is 47.0 Å². The van der Waals surface area contributed by atoms with E-state index in [-0.39, 0.29) is 24.1 Å². The molecule has 1 saturated carbocycles. The van der Waals surface area contributed by atoms with Gasteiger partial charge in [-0.3, -0.25) is 9.79 Å². The van der Waals surface area contributed by atoms with Crippen LogP contribution in [0.4, 0.5) is 10.4 Å². The fraction of sp³-hybridized carbons (Fsp3) is 0.207. The molecule has 4 heterocycles. The minimum absolute atomic E-state index is 0.0167. The molecule has 2 aromatic carbocycles. The normalized spacial score (nSPS) is 16.8. The molecule has 5 aromatic rings. The highest BCUT2D eigenvalue weighted by atomic mass is 32.1. The lowest BCUT2D eigenvalue weighted by Crippen LogP contribution is -2.29. The number of aryl methyl sites for hydroxylation is 1. The molecular formula is C29H22FN7O2S. The maximum Gasteiger partial charge on any atom is 0.317 e. The lowest BCUT2D eigenvalue weighted by atomic mass is 9.95. The van der Waals surface area contributed by atoms with Gasteiger partial charge in [0.05, 0.1) is 15.6 Å². The Bertz CT molecular complexity index is 1760. The lowest BCUT2D eigenvalue weighted by Gasteiger charge is -2.11. The van der Waals surface area contributed by atoms with Gasteiger partial charge in [0.2, 0.25) is 0 Å². The number of carbonyl (C=O) groups excluding carboxylic acids is 1. The van der Waals surface area contributed by atoms with Crippen molar-refractivity contribution in [1.29, 1.82) is 0 Å². The van der Waals surface area contributed by atoms with Crippen LogP contribution in [0.2, 0.25) is 0 Å². The third-order valence-corrected chi connectivity index (χ3v) is 8.10. The van der Waals surface area contributed by atoms with Gasteiger partial charge >= 0.3 is 6.01 Å². The van der Waals surface area contributed by atoms with E-state index in [0.29, 0.717) is 34.3 Å². The number of Topliss-reactive ketones (excluding diaryl/α,β-unsaturated/α-hetero) is 1. The Hall–Kier alpha value is -4.64. The summed E-state index contributed by atoms with van der Waals surface area (Å²) in [5, 5.41) is 12.4. The van der Waals surface area contributed by atoms with E-state index in [4.69, 9.17) is 14.4 Å². The van der Waals surface area contributed by atoms with E-state index in [2.05, 4.69) is 25.5 Å². The van der Waals surface area contributed by atoms with E-state index in [1.54, 1.807) is 35.9 Å². The first-order valence-electron chi connectivity index (χ1n) is 12.9. The number of thiazole rings is 1. The second-order valence-electron chi connectivity index (χ2n) is 9.74. The zero-order chi connectivity index (χ0) is 27.2. The standard InChI is InChI=1S/C29H22FN7O2S/c1-15-31-13-18(14-32-15)25-24(34-28(40-25)17-10-11-17)27-36-37-29(39-27)35-26-22(38)12-20-19(8-5-9-21(20)30)23(33-26)16-6-3-2-4-7-16/h2-9,13-14,17,26H,10-12H2,1H3,(H,35,37)/t26-/m1/s1. The number of rotatable bonds is 6. The maximum atomic E-state index is 14.8. The molecule has 1 aliphatic carbocycles. The third kappa shape index (κ3) is 4.58. The number of nitrogens with zero attached hydrogens (tertiary/aromatic N) is 6. The van der Waals surface area contributed by atoms with E-state index >= 15 is 0 Å². The molecule has 0 saturated heterocycles. The van der Waals surface area contributed by atoms with Crippen molar-refractivity contribution in [3.05, 3.63) is 94.3 Å². The number of nitrogens with one attached hydrogen (secondary N) is 1. The number of aliphatic imine (C=N–C) groups is 1. The number of hydrogen-bond donors (Lipinski definition) is 1. The van der Waals surface area contributed by atoms with Crippen LogP contribution in [-0.2, 0) is 11.2 Å². The number of anilines is 1. The van der Waals surface area contributed by atoms with Crippen LogP contribution >= 0.6 is 11.3 Å². The molecule has 0 bridgehead atoms. The fourth-order valence-electron chi connectivity index (χ4n) is 4.63. The van der Waals surface area contributed by atoms with Gasteiger partial charge < -0.3 is 9.73 Å². The van der Waals surface area contributed by atoms with E-state index in [9.17, 15) is 9.18 Å². The molecule has 40 heavy (non-hydrogen) atoms. The van der Waals surface area contributed by atoms with Crippen LogP contribution in [0, 0.1) is 12.7 Å². The summed E-state index contributed by atoms with van der Waals surface area (Å²) in [6.07, 6.45) is 4.52. The summed E-state index contributed by atoms with van der Waals surface area (Å²) in [5.41, 5.74) is 3.53. The fourth-order valence-corrected chi connectivity index (χ4v) is 5.83. The van der Waals surface area contributed by atoms with Crippen LogP contribution in [0.1, 0.15) is 46.3 Å². The Morgan fingerprint density at radius 3 is 2.58 bits per heavy atom. The van der Waals surface area contributed by atoms with Gasteiger partial charge in [-0.2, -0.15) is 0 Å². The quantitative estimate of drug-likeness (QED) is 0.299. The Morgan fingerprint density at radius 2 is 1.80 bits per heavy atom. The van der Waals surface area contributed by atoms with Crippen LogP contribution < -0.4 is 5.32 Å². The molecule has 0 unspecified atom stereocenters. The molecule has 1 N–H and O–H groups in total. The Balaban J connectivity index is 1.24. The molecule has 0 spiro atoms. The highest BCUT2D eigenvalue weighted by molar-refractivity contribution is 7.15. The molecule has 198 valence electrons. The second kappa shape index (κ2) is 9.83. The second-order valence-corrected chi connectivity index (χ2v) is 10.8. The van der Waals surface area contributed by atoms with Crippen molar-refractivity contribution >= 4 is 28.8 Å². The van der Waals surface area contributed by atoms with Crippen LogP contribution in [0.5, 0.6) is 0 Å². The molecule has 7 rings (SSSR count). The van der Waals surface area contributed by atoms with Crippen LogP contribution in [0.15, 0.2) is 70.3 Å². The highest BCUT2D eigenvalue weighted by Gasteiger charge is 2.32. The summed E-state index contributed by atoms with van der Waals surface area (Å²) in [4.78, 5) is 32.3. The van der Waals surface area contributed by atoms with Gasteiger partial charge in [0.1, 0.15) is 17.3 Å². The summed E-state index contributed by atoms with van der Waals surface area (Å²) in [6.45, 7) is 1.83. The minimum Gasteiger partial charge on any atom is -0.402 e. The first-order valence-corrected chi connectivity index (χ1v) is 13.7. The zero-order valence-electron chi connectivity index (χ0n) is 21.3. The number of fused-ring (bicyclic) bond motifs is 1. The molecule has 11 heteroatoms. The van der Waals surface area contributed by atoms with E-state index in [1.807, 2.05) is 37.3 Å². The first-order chi connectivity index (χ1) is 19.5. The summed E-state index contributed by atoms with van der Waals surface area (Å²) >= 11 is 1.57. The number of halogens is 1. The van der Waals surface area contributed by atoms with Crippen LogP contribution in [0.3, 0.4) is 0 Å². The van der Waals surface area contributed by atoms with Crippen molar-refractivity contribution in [3.8, 4) is 22.0 Å². The van der Waals surface area contributed by atoms with Crippen molar-refractivity contribution in [1.82, 2.24) is 25.1 Å². The summed E-state index contributed by atoms with van der Waals surface area (Å²) in [7, 11) is 0. The Labute approximate surface area is 232 Å². The number of carbonyl (C=O) groups is 1. The van der Waals surface area contributed by atoms with Gasteiger partial charge in [-0.25, -0.2) is 19.3 Å². The van der Waals surface area contributed by atoms with Gasteiger partial charge in [0.25, 0.3) is 5.89 Å². The van der Waals surface area contributed by atoms with Gasteiger partial charge in [-0.05, 0) is 25.8 Å². The van der Waals surface area contributed by atoms with Crippen molar-refractivity contribution in [2.24, 2.45) is 4.99 Å². The van der Waals surface area contributed by atoms with Gasteiger partial charge in [0.15, 0.2) is 11.9 Å². The molecule has 3 aromatic heterocycles. The largest absolute Gasteiger partial charge is 0.402 e. The molecule has 2 aliphatic rings. The lowest BCUT2D eigenvalue weighted by molar-refractivity contribution is -0.119. The van der Waals surface area contributed by atoms with Crippen LogP contribution in [0.25, 0.3) is 22.0 Å². The minimum atomic E-state index is -1.06. The van der Waals surface area contributed by atoms with Crippen molar-refractivity contribution in [2.45, 2.75) is 38.3 Å². The first kappa shape index (κ1) is 24.4. The molecule has 1 aliphatic heterocycles. The SMILES string of the molecule is Cc1ncc(-c2sc(C3CC3)nc2-c2nnc(N[C@H]3N=C(c4ccccc4)c4cccc(F)c4CC3=O)o2)cn1. The average molecular weight is 552 g/mol. The average Bonchev–Trinajstić information content (AvgIpc) is 3.59. The maximum absolute atomic E-state index is 14.8. The molecule has 1 fully saturated rings. The summed E-state index contributed by atoms with van der Waals surface area (Å²) < 4.78 is 20.8. The van der Waals surface area contributed by atoms with E-state index in [1.165, 1.54) is 6.07 Å². The highest BCUT2D eigenvalue weighted by Crippen LogP contribution is 2.46. The predicted octanol–water partition coefficient (Wildman–Crippen LogP) is 5.38. The summed E-state index contributed by atoms with van der Waals surface area (Å²) in [5.74, 6) is 0.550. The Kier molecular flexibility index (Phi) is 6.00. The van der Waals surface area contributed by atoms with E-state index < -0.39 is 12.0 Å². The van der Waals surface area contributed by atoms with Crippen molar-refractivity contribution in [3.63, 3.8) is 0 Å². The van der Waals surface area contributed by atoms with Crippen molar-refractivity contribution in [2.75, 3.05) is 5.32 Å². The van der Waals surface area contributed by atoms with Crippen molar-refractivity contribution < 1.29 is 13.6 Å². The van der Waals surface area contributed by atoms with E-state index in [0.717, 1.165) is 33.9 Å². The number of hydrogen-bond acceptors (Lipinski definition) is 10. The third-order valence-electron chi connectivity index (χ3n) is 6.84. The van der Waals surface area contributed by atoms with Gasteiger partial charge in [-0.15, -0.1) is 16.4 Å². The predicted molar refractivity (Wildman–Crippen MR) is 148 cm³/mol. The molecule has 9 nitrogen and oxygen atoms in total. The van der Waals surface area contributed by atoms with Gasteiger partial charge in [-0.1, -0.05) is 47.6 Å². The molecule has 0 amide bonds. The Morgan fingerprint density at radius 1 is 1.00 bits per heavy atom.